The Kier molecular flexibility index (Phi) is 6.19. The summed E-state index contributed by atoms with van der Waals surface area (Å²) in [5.41, 5.74) is 1.90. The van der Waals surface area contributed by atoms with Crippen LogP contribution in [0.5, 0.6) is 0 Å². The number of piperidine rings is 1. The van der Waals surface area contributed by atoms with Crippen LogP contribution in [0.4, 0.5) is 0 Å². The average Bonchev–Trinajstić information content (AvgIpc) is 3.42. The molecular formula is C22H25N3O2S. The number of likely N-dealkylation sites (tertiary alicyclic amines) is 1. The van der Waals surface area contributed by atoms with E-state index in [9.17, 15) is 4.79 Å². The summed E-state index contributed by atoms with van der Waals surface area (Å²) in [5.74, 6) is 0.917. The molecule has 0 unspecified atom stereocenters. The smallest absolute Gasteiger partial charge is 0.226 e. The summed E-state index contributed by atoms with van der Waals surface area (Å²) >= 11 is 1.58. The molecule has 28 heavy (non-hydrogen) atoms. The molecule has 4 rings (SSSR count). The van der Waals surface area contributed by atoms with Gasteiger partial charge in [0.2, 0.25) is 5.91 Å². The fraction of sp³-hybridized carbons (Fsp3) is 0.364. The number of benzene rings is 1. The van der Waals surface area contributed by atoms with Gasteiger partial charge in [-0.2, -0.15) is 0 Å². The second-order valence-corrected chi connectivity index (χ2v) is 7.98. The van der Waals surface area contributed by atoms with Crippen LogP contribution in [-0.4, -0.2) is 35.4 Å². The van der Waals surface area contributed by atoms with E-state index in [1.807, 2.05) is 47.8 Å². The van der Waals surface area contributed by atoms with E-state index in [2.05, 4.69) is 15.2 Å². The second-order valence-electron chi connectivity index (χ2n) is 7.12. The van der Waals surface area contributed by atoms with E-state index >= 15 is 0 Å². The molecule has 1 aliphatic rings. The van der Waals surface area contributed by atoms with Gasteiger partial charge in [-0.05, 0) is 38.1 Å². The van der Waals surface area contributed by atoms with Gasteiger partial charge in [-0.25, -0.2) is 4.98 Å². The first-order valence-corrected chi connectivity index (χ1v) is 10.7. The Morgan fingerprint density at radius 1 is 1.14 bits per heavy atom. The third-order valence-electron chi connectivity index (χ3n) is 5.11. The molecule has 1 fully saturated rings. The lowest BCUT2D eigenvalue weighted by molar-refractivity contribution is -0.120. The minimum Gasteiger partial charge on any atom is -0.468 e. The zero-order chi connectivity index (χ0) is 19.2. The number of carbonyl (C=O) groups is 1. The number of nitrogens with one attached hydrogen (secondary N) is 1. The van der Waals surface area contributed by atoms with E-state index in [-0.39, 0.29) is 11.9 Å². The highest BCUT2D eigenvalue weighted by Gasteiger charge is 2.25. The molecular weight excluding hydrogens is 370 g/mol. The van der Waals surface area contributed by atoms with Crippen molar-refractivity contribution in [3.63, 3.8) is 0 Å². The fourth-order valence-electron chi connectivity index (χ4n) is 3.66. The number of aromatic nitrogens is 1. The lowest BCUT2D eigenvalue weighted by Crippen LogP contribution is -2.40. The van der Waals surface area contributed by atoms with Gasteiger partial charge in [-0.3, -0.25) is 9.69 Å². The zero-order valence-corrected chi connectivity index (χ0v) is 16.7. The predicted octanol–water partition coefficient (Wildman–Crippen LogP) is 4.29. The number of rotatable bonds is 7. The summed E-state index contributed by atoms with van der Waals surface area (Å²) in [4.78, 5) is 19.6. The van der Waals surface area contributed by atoms with Crippen molar-refractivity contribution in [2.45, 2.75) is 31.7 Å². The number of hydrogen-bond donors (Lipinski definition) is 1. The Balaban J connectivity index is 1.35. The van der Waals surface area contributed by atoms with Gasteiger partial charge in [-0.15, -0.1) is 11.3 Å². The summed E-state index contributed by atoms with van der Waals surface area (Å²) in [6.45, 7) is 2.66. The van der Waals surface area contributed by atoms with Crippen molar-refractivity contribution in [1.29, 1.82) is 0 Å². The van der Waals surface area contributed by atoms with Crippen molar-refractivity contribution < 1.29 is 9.21 Å². The van der Waals surface area contributed by atoms with E-state index in [1.165, 1.54) is 19.3 Å². The minimum atomic E-state index is -0.00141. The standard InChI is InChI=1S/C22H25N3O2S/c26-21(14-18-16-28-22(24-18)17-8-3-1-4-9-17)23-15-19(20-10-7-13-27-20)25-11-5-2-6-12-25/h1,3-4,7-10,13,16,19H,2,5-6,11-12,14-15H2,(H,23,26)/t19-/m0/s1. The largest absolute Gasteiger partial charge is 0.468 e. The molecule has 1 aromatic carbocycles. The normalized spacial score (nSPS) is 16.0. The third-order valence-corrected chi connectivity index (χ3v) is 6.05. The zero-order valence-electron chi connectivity index (χ0n) is 15.8. The van der Waals surface area contributed by atoms with Crippen molar-refractivity contribution in [3.05, 3.63) is 65.6 Å². The first-order valence-electron chi connectivity index (χ1n) is 9.83. The van der Waals surface area contributed by atoms with Crippen molar-refractivity contribution in [2.75, 3.05) is 19.6 Å². The molecule has 1 atom stereocenters. The average molecular weight is 396 g/mol. The Bertz CT molecular complexity index is 870. The number of thiazole rings is 1. The quantitative estimate of drug-likeness (QED) is 0.648. The topological polar surface area (TPSA) is 58.4 Å². The Morgan fingerprint density at radius 2 is 1.96 bits per heavy atom. The van der Waals surface area contributed by atoms with E-state index < -0.39 is 0 Å². The Labute approximate surface area is 169 Å². The molecule has 3 aromatic rings. The van der Waals surface area contributed by atoms with Crippen molar-refractivity contribution in [2.24, 2.45) is 0 Å². The van der Waals surface area contributed by atoms with Crippen LogP contribution in [0.3, 0.4) is 0 Å². The monoisotopic (exact) mass is 395 g/mol. The van der Waals surface area contributed by atoms with Crippen LogP contribution in [0.15, 0.2) is 58.5 Å². The number of furan rings is 1. The molecule has 1 saturated heterocycles. The van der Waals surface area contributed by atoms with Gasteiger partial charge in [0.05, 0.1) is 24.4 Å². The van der Waals surface area contributed by atoms with Gasteiger partial charge in [0.1, 0.15) is 10.8 Å². The first kappa shape index (κ1) is 18.9. The van der Waals surface area contributed by atoms with E-state index in [4.69, 9.17) is 4.42 Å². The third kappa shape index (κ3) is 4.69. The molecule has 0 saturated carbocycles. The fourth-order valence-corrected chi connectivity index (χ4v) is 4.49. The number of amides is 1. The Hall–Kier alpha value is -2.44. The summed E-state index contributed by atoms with van der Waals surface area (Å²) in [5, 5.41) is 6.01. The van der Waals surface area contributed by atoms with Gasteiger partial charge < -0.3 is 9.73 Å². The van der Waals surface area contributed by atoms with Crippen LogP contribution in [0.1, 0.15) is 36.8 Å². The molecule has 0 spiro atoms. The highest BCUT2D eigenvalue weighted by Crippen LogP contribution is 2.25. The Morgan fingerprint density at radius 3 is 2.71 bits per heavy atom. The van der Waals surface area contributed by atoms with Gasteiger partial charge >= 0.3 is 0 Å². The molecule has 5 nitrogen and oxygen atoms in total. The molecule has 0 radical (unpaired) electrons. The maximum absolute atomic E-state index is 12.5. The van der Waals surface area contributed by atoms with Crippen LogP contribution < -0.4 is 5.32 Å². The summed E-state index contributed by atoms with van der Waals surface area (Å²) in [6.07, 6.45) is 5.68. The number of nitrogens with zero attached hydrogens (tertiary/aromatic N) is 2. The van der Waals surface area contributed by atoms with Crippen LogP contribution in [0.25, 0.3) is 10.6 Å². The van der Waals surface area contributed by atoms with E-state index in [0.29, 0.717) is 13.0 Å². The van der Waals surface area contributed by atoms with Crippen molar-refractivity contribution >= 4 is 17.2 Å². The van der Waals surface area contributed by atoms with Crippen LogP contribution in [0, 0.1) is 0 Å². The van der Waals surface area contributed by atoms with Gasteiger partial charge in [-0.1, -0.05) is 36.8 Å². The lowest BCUT2D eigenvalue weighted by Gasteiger charge is -2.33. The molecule has 2 aromatic heterocycles. The number of carbonyl (C=O) groups excluding carboxylic acids is 1. The summed E-state index contributed by atoms with van der Waals surface area (Å²) in [6, 6.07) is 14.1. The molecule has 0 aliphatic carbocycles. The first-order chi connectivity index (χ1) is 13.8. The molecule has 6 heteroatoms. The maximum Gasteiger partial charge on any atom is 0.226 e. The molecule has 1 aliphatic heterocycles. The van der Waals surface area contributed by atoms with E-state index in [1.54, 1.807) is 17.6 Å². The lowest BCUT2D eigenvalue weighted by atomic mass is 10.1. The highest BCUT2D eigenvalue weighted by atomic mass is 32.1. The van der Waals surface area contributed by atoms with Crippen LogP contribution in [0.2, 0.25) is 0 Å². The van der Waals surface area contributed by atoms with Gasteiger partial charge in [0.15, 0.2) is 0 Å². The predicted molar refractivity (Wildman–Crippen MR) is 111 cm³/mol. The van der Waals surface area contributed by atoms with Crippen LogP contribution >= 0.6 is 11.3 Å². The summed E-state index contributed by atoms with van der Waals surface area (Å²) < 4.78 is 5.65. The van der Waals surface area contributed by atoms with Gasteiger partial charge in [0.25, 0.3) is 0 Å². The van der Waals surface area contributed by atoms with Crippen LogP contribution in [-0.2, 0) is 11.2 Å². The molecule has 1 amide bonds. The van der Waals surface area contributed by atoms with E-state index in [0.717, 1.165) is 35.1 Å². The highest BCUT2D eigenvalue weighted by molar-refractivity contribution is 7.13. The van der Waals surface area contributed by atoms with Crippen molar-refractivity contribution in [1.82, 2.24) is 15.2 Å². The molecule has 3 heterocycles. The maximum atomic E-state index is 12.5. The van der Waals surface area contributed by atoms with Gasteiger partial charge in [0, 0.05) is 17.5 Å². The molecule has 146 valence electrons. The minimum absolute atomic E-state index is 0.00141. The molecule has 0 bridgehead atoms. The van der Waals surface area contributed by atoms with Crippen molar-refractivity contribution in [3.8, 4) is 10.6 Å². The summed E-state index contributed by atoms with van der Waals surface area (Å²) in [7, 11) is 0. The number of hydrogen-bond acceptors (Lipinski definition) is 5. The second kappa shape index (κ2) is 9.17. The molecule has 1 N–H and O–H groups in total. The SMILES string of the molecule is O=C(Cc1csc(-c2ccccc2)n1)NC[C@@H](c1ccco1)N1CCCCC1.